The van der Waals surface area contributed by atoms with Crippen LogP contribution >= 0.6 is 0 Å². The van der Waals surface area contributed by atoms with Crippen molar-refractivity contribution in [3.63, 3.8) is 0 Å². The van der Waals surface area contributed by atoms with Crippen molar-refractivity contribution in [2.45, 2.75) is 19.8 Å². The molecule has 0 atom stereocenters. The summed E-state index contributed by atoms with van der Waals surface area (Å²) in [7, 11) is 0. The number of fused-ring (bicyclic) bond motifs is 1. The van der Waals surface area contributed by atoms with Gasteiger partial charge in [-0.2, -0.15) is 0 Å². The van der Waals surface area contributed by atoms with Gasteiger partial charge in [-0.1, -0.05) is 6.07 Å². The highest BCUT2D eigenvalue weighted by Crippen LogP contribution is 2.18. The Hall–Kier alpha value is -3.09. The third kappa shape index (κ3) is 3.72. The molecular formula is C20H21N3O4. The molecule has 0 spiro atoms. The molecule has 7 heteroatoms. The van der Waals surface area contributed by atoms with Gasteiger partial charge in [0.2, 0.25) is 5.91 Å². The van der Waals surface area contributed by atoms with E-state index in [2.05, 4.69) is 4.98 Å². The number of hydrogen-bond donors (Lipinski definition) is 0. The minimum atomic E-state index is -0.125. The second-order valence-electron chi connectivity index (χ2n) is 6.72. The summed E-state index contributed by atoms with van der Waals surface area (Å²) < 4.78 is 10.7. The van der Waals surface area contributed by atoms with E-state index in [9.17, 15) is 9.59 Å². The molecule has 1 aromatic carbocycles. The summed E-state index contributed by atoms with van der Waals surface area (Å²) in [5.41, 5.74) is 2.39. The Morgan fingerprint density at radius 1 is 1.11 bits per heavy atom. The molecule has 0 aliphatic carbocycles. The van der Waals surface area contributed by atoms with Gasteiger partial charge in [-0.15, -0.1) is 0 Å². The molecule has 0 bridgehead atoms. The van der Waals surface area contributed by atoms with Gasteiger partial charge in [0.1, 0.15) is 5.52 Å². The molecule has 7 nitrogen and oxygen atoms in total. The number of carbonyl (C=O) groups excluding carboxylic acids is 2. The lowest BCUT2D eigenvalue weighted by atomic mass is 10.1. The number of hydrogen-bond acceptors (Lipinski definition) is 5. The maximum Gasteiger partial charge on any atom is 0.289 e. The lowest BCUT2D eigenvalue weighted by Crippen LogP contribution is -2.37. The summed E-state index contributed by atoms with van der Waals surface area (Å²) >= 11 is 0. The number of amides is 2. The van der Waals surface area contributed by atoms with E-state index in [0.29, 0.717) is 49.8 Å². The normalized spacial score (nSPS) is 15.1. The van der Waals surface area contributed by atoms with Crippen LogP contribution in [0.1, 0.15) is 28.4 Å². The SMILES string of the molecule is Cc1nc2ccc(CC(=O)N3CCCN(C(=O)c4ccco4)CC3)cc2o1. The van der Waals surface area contributed by atoms with Gasteiger partial charge in [-0.05, 0) is 36.2 Å². The first-order valence-corrected chi connectivity index (χ1v) is 9.07. The molecule has 2 amide bonds. The number of nitrogens with zero attached hydrogens (tertiary/aromatic N) is 3. The van der Waals surface area contributed by atoms with Crippen molar-refractivity contribution >= 4 is 22.9 Å². The number of aromatic nitrogens is 1. The summed E-state index contributed by atoms with van der Waals surface area (Å²) in [4.78, 5) is 33.0. The van der Waals surface area contributed by atoms with Crippen LogP contribution in [0.2, 0.25) is 0 Å². The van der Waals surface area contributed by atoms with E-state index in [4.69, 9.17) is 8.83 Å². The topological polar surface area (TPSA) is 79.8 Å². The van der Waals surface area contributed by atoms with Crippen LogP contribution in [0.4, 0.5) is 0 Å². The zero-order valence-electron chi connectivity index (χ0n) is 15.2. The Morgan fingerprint density at radius 3 is 2.74 bits per heavy atom. The number of benzene rings is 1. The first-order valence-electron chi connectivity index (χ1n) is 9.07. The molecule has 2 aromatic heterocycles. The molecule has 0 radical (unpaired) electrons. The highest BCUT2D eigenvalue weighted by atomic mass is 16.3. The first-order chi connectivity index (χ1) is 13.1. The van der Waals surface area contributed by atoms with Crippen molar-refractivity contribution in [2.24, 2.45) is 0 Å². The number of aryl methyl sites for hydroxylation is 1. The fraction of sp³-hybridized carbons (Fsp3) is 0.350. The number of oxazole rings is 1. The standard InChI is InChI=1S/C20H21N3O4/c1-14-21-16-6-5-15(12-18(16)27-14)13-19(24)22-7-3-8-23(10-9-22)20(25)17-4-2-11-26-17/h2,4-6,11-12H,3,7-10,13H2,1H3. The van der Waals surface area contributed by atoms with E-state index >= 15 is 0 Å². The van der Waals surface area contributed by atoms with Crippen LogP contribution in [-0.2, 0) is 11.2 Å². The van der Waals surface area contributed by atoms with Gasteiger partial charge in [0.15, 0.2) is 17.2 Å². The summed E-state index contributed by atoms with van der Waals surface area (Å²) in [5, 5.41) is 0. The van der Waals surface area contributed by atoms with Gasteiger partial charge in [0, 0.05) is 33.1 Å². The average molecular weight is 367 g/mol. The van der Waals surface area contributed by atoms with Gasteiger partial charge in [-0.25, -0.2) is 4.98 Å². The largest absolute Gasteiger partial charge is 0.459 e. The second kappa shape index (κ2) is 7.26. The van der Waals surface area contributed by atoms with Crippen molar-refractivity contribution in [1.82, 2.24) is 14.8 Å². The molecule has 1 fully saturated rings. The molecule has 1 aliphatic heterocycles. The molecule has 0 N–H and O–H groups in total. The lowest BCUT2D eigenvalue weighted by molar-refractivity contribution is -0.130. The number of rotatable bonds is 3. The summed E-state index contributed by atoms with van der Waals surface area (Å²) in [6.07, 6.45) is 2.55. The summed E-state index contributed by atoms with van der Waals surface area (Å²) in [5.74, 6) is 0.881. The van der Waals surface area contributed by atoms with E-state index in [1.807, 2.05) is 23.1 Å². The monoisotopic (exact) mass is 367 g/mol. The molecule has 1 saturated heterocycles. The highest BCUT2D eigenvalue weighted by molar-refractivity contribution is 5.91. The molecule has 4 rings (SSSR count). The van der Waals surface area contributed by atoms with Crippen LogP contribution in [0.15, 0.2) is 45.4 Å². The van der Waals surface area contributed by atoms with Gasteiger partial charge < -0.3 is 18.6 Å². The van der Waals surface area contributed by atoms with Crippen molar-refractivity contribution in [3.8, 4) is 0 Å². The predicted octanol–water partition coefficient (Wildman–Crippen LogP) is 2.65. The van der Waals surface area contributed by atoms with Gasteiger partial charge in [0.25, 0.3) is 5.91 Å². The van der Waals surface area contributed by atoms with Crippen LogP contribution < -0.4 is 0 Å². The zero-order chi connectivity index (χ0) is 18.8. The van der Waals surface area contributed by atoms with Crippen LogP contribution in [0, 0.1) is 6.92 Å². The average Bonchev–Trinajstić information content (AvgIpc) is 3.23. The van der Waals surface area contributed by atoms with Crippen molar-refractivity contribution < 1.29 is 18.4 Å². The molecule has 140 valence electrons. The van der Waals surface area contributed by atoms with Gasteiger partial charge in [0.05, 0.1) is 12.7 Å². The maximum atomic E-state index is 12.7. The van der Waals surface area contributed by atoms with E-state index in [1.165, 1.54) is 6.26 Å². The van der Waals surface area contributed by atoms with E-state index in [-0.39, 0.29) is 11.8 Å². The number of carbonyl (C=O) groups is 2. The fourth-order valence-electron chi connectivity index (χ4n) is 3.41. The molecule has 0 saturated carbocycles. The summed E-state index contributed by atoms with van der Waals surface area (Å²) in [6.45, 7) is 4.09. The first kappa shape index (κ1) is 17.3. The Balaban J connectivity index is 1.39. The molecule has 27 heavy (non-hydrogen) atoms. The smallest absolute Gasteiger partial charge is 0.289 e. The quantitative estimate of drug-likeness (QED) is 0.711. The third-order valence-corrected chi connectivity index (χ3v) is 4.78. The highest BCUT2D eigenvalue weighted by Gasteiger charge is 2.24. The van der Waals surface area contributed by atoms with Crippen LogP contribution in [0.5, 0.6) is 0 Å². The number of furan rings is 1. The molecular weight excluding hydrogens is 346 g/mol. The van der Waals surface area contributed by atoms with Crippen molar-refractivity contribution in [2.75, 3.05) is 26.2 Å². The van der Waals surface area contributed by atoms with Crippen LogP contribution in [0.3, 0.4) is 0 Å². The van der Waals surface area contributed by atoms with Gasteiger partial charge >= 0.3 is 0 Å². The van der Waals surface area contributed by atoms with Crippen LogP contribution in [0.25, 0.3) is 11.1 Å². The third-order valence-electron chi connectivity index (χ3n) is 4.78. The van der Waals surface area contributed by atoms with E-state index < -0.39 is 0 Å². The minimum Gasteiger partial charge on any atom is -0.459 e. The van der Waals surface area contributed by atoms with E-state index in [0.717, 1.165) is 17.5 Å². The second-order valence-corrected chi connectivity index (χ2v) is 6.72. The maximum absolute atomic E-state index is 12.7. The molecule has 0 unspecified atom stereocenters. The zero-order valence-corrected chi connectivity index (χ0v) is 15.2. The summed E-state index contributed by atoms with van der Waals surface area (Å²) in [6, 6.07) is 9.02. The minimum absolute atomic E-state index is 0.0536. The Kier molecular flexibility index (Phi) is 4.66. The molecule has 1 aliphatic rings. The predicted molar refractivity (Wildman–Crippen MR) is 98.3 cm³/mol. The Morgan fingerprint density at radius 2 is 1.93 bits per heavy atom. The molecule has 3 heterocycles. The Bertz CT molecular complexity index is 961. The van der Waals surface area contributed by atoms with Crippen molar-refractivity contribution in [1.29, 1.82) is 0 Å². The fourth-order valence-corrected chi connectivity index (χ4v) is 3.41. The van der Waals surface area contributed by atoms with Crippen LogP contribution in [-0.4, -0.2) is 52.8 Å². The van der Waals surface area contributed by atoms with Crippen molar-refractivity contribution in [3.05, 3.63) is 53.8 Å². The lowest BCUT2D eigenvalue weighted by Gasteiger charge is -2.21. The van der Waals surface area contributed by atoms with E-state index in [1.54, 1.807) is 24.0 Å². The molecule has 3 aromatic rings. The Labute approximate surface area is 156 Å². The van der Waals surface area contributed by atoms with Gasteiger partial charge in [-0.3, -0.25) is 9.59 Å².